The first-order valence-electron chi connectivity index (χ1n) is 3.12. The molecule has 0 bridgehead atoms. The van der Waals surface area contributed by atoms with E-state index in [2.05, 4.69) is 4.98 Å². The Morgan fingerprint density at radius 3 is 2.67 bits per heavy atom. The van der Waals surface area contributed by atoms with Gasteiger partial charge in [0.2, 0.25) is 0 Å². The Balaban J connectivity index is 2.71. The Labute approximate surface area is 80.1 Å². The van der Waals surface area contributed by atoms with Crippen molar-refractivity contribution in [1.29, 1.82) is 0 Å². The average molecular weight is 221 g/mol. The summed E-state index contributed by atoms with van der Waals surface area (Å²) in [6, 6.07) is 3.32. The average Bonchev–Trinajstić information content (AvgIpc) is 2.06. The fraction of sp³-hybridized carbons (Fsp3) is 0.167. The SMILES string of the molecule is CSP(O)(=S)Oc1ccncc1. The maximum atomic E-state index is 9.42. The van der Waals surface area contributed by atoms with Crippen LogP contribution in [0.2, 0.25) is 0 Å². The Hall–Kier alpha value is -0.0900. The van der Waals surface area contributed by atoms with Crippen molar-refractivity contribution in [2.75, 3.05) is 6.26 Å². The lowest BCUT2D eigenvalue weighted by Gasteiger charge is -2.12. The lowest BCUT2D eigenvalue weighted by molar-refractivity contribution is 0.504. The summed E-state index contributed by atoms with van der Waals surface area (Å²) >= 11 is 5.97. The number of aromatic nitrogens is 1. The van der Waals surface area contributed by atoms with Crippen LogP contribution in [0.4, 0.5) is 0 Å². The summed E-state index contributed by atoms with van der Waals surface area (Å²) < 4.78 is 5.16. The monoisotopic (exact) mass is 221 g/mol. The Morgan fingerprint density at radius 1 is 1.58 bits per heavy atom. The van der Waals surface area contributed by atoms with Gasteiger partial charge in [0.1, 0.15) is 5.75 Å². The molecule has 0 saturated heterocycles. The van der Waals surface area contributed by atoms with Crippen LogP contribution in [0.3, 0.4) is 0 Å². The van der Waals surface area contributed by atoms with Crippen LogP contribution in [0.15, 0.2) is 24.5 Å². The first kappa shape index (κ1) is 9.99. The molecule has 0 fully saturated rings. The van der Waals surface area contributed by atoms with E-state index < -0.39 is 5.69 Å². The van der Waals surface area contributed by atoms with Crippen LogP contribution in [0.1, 0.15) is 0 Å². The Morgan fingerprint density at radius 2 is 2.17 bits per heavy atom. The second-order valence-corrected chi connectivity index (χ2v) is 8.17. The van der Waals surface area contributed by atoms with E-state index in [1.165, 1.54) is 0 Å². The third kappa shape index (κ3) is 3.11. The van der Waals surface area contributed by atoms with Gasteiger partial charge in [-0.3, -0.25) is 4.98 Å². The smallest absolute Gasteiger partial charge is 0.294 e. The molecule has 0 aliphatic heterocycles. The van der Waals surface area contributed by atoms with Crippen molar-refractivity contribution in [3.05, 3.63) is 24.5 Å². The van der Waals surface area contributed by atoms with Gasteiger partial charge in [-0.2, -0.15) is 0 Å². The van der Waals surface area contributed by atoms with Crippen LogP contribution in [-0.2, 0) is 11.8 Å². The summed E-state index contributed by atoms with van der Waals surface area (Å²) in [7, 11) is 0. The van der Waals surface area contributed by atoms with Crippen molar-refractivity contribution in [2.24, 2.45) is 0 Å². The van der Waals surface area contributed by atoms with Gasteiger partial charge in [-0.05, 0) is 30.2 Å². The molecule has 0 spiro atoms. The van der Waals surface area contributed by atoms with Gasteiger partial charge in [0.15, 0.2) is 0 Å². The maximum Gasteiger partial charge on any atom is 0.294 e. The van der Waals surface area contributed by atoms with Gasteiger partial charge in [-0.15, -0.1) is 0 Å². The van der Waals surface area contributed by atoms with E-state index in [-0.39, 0.29) is 0 Å². The maximum absolute atomic E-state index is 9.42. The molecule has 1 rings (SSSR count). The van der Waals surface area contributed by atoms with Gasteiger partial charge < -0.3 is 9.42 Å². The second-order valence-electron chi connectivity index (χ2n) is 1.93. The molecule has 1 aromatic heterocycles. The predicted molar refractivity (Wildman–Crippen MR) is 54.9 cm³/mol. The molecule has 12 heavy (non-hydrogen) atoms. The van der Waals surface area contributed by atoms with Gasteiger partial charge in [0.05, 0.1) is 0 Å². The molecular formula is C6H8NO2PS2. The molecule has 1 heterocycles. The van der Waals surface area contributed by atoms with E-state index in [9.17, 15) is 4.89 Å². The number of hydrogen-bond acceptors (Lipinski definition) is 4. The summed E-state index contributed by atoms with van der Waals surface area (Å²) in [4.78, 5) is 13.2. The van der Waals surface area contributed by atoms with Gasteiger partial charge in [0, 0.05) is 12.4 Å². The summed E-state index contributed by atoms with van der Waals surface area (Å²) in [5.74, 6) is 0.560. The zero-order valence-electron chi connectivity index (χ0n) is 6.38. The molecule has 0 radical (unpaired) electrons. The van der Waals surface area contributed by atoms with Crippen LogP contribution in [0.5, 0.6) is 5.75 Å². The molecule has 1 aromatic rings. The van der Waals surface area contributed by atoms with Gasteiger partial charge in [-0.25, -0.2) is 0 Å². The minimum Gasteiger partial charge on any atom is -0.436 e. The van der Waals surface area contributed by atoms with Crippen molar-refractivity contribution < 1.29 is 9.42 Å². The lowest BCUT2D eigenvalue weighted by Crippen LogP contribution is -1.86. The summed E-state index contributed by atoms with van der Waals surface area (Å²) in [5.41, 5.74) is -2.67. The minimum absolute atomic E-state index is 0.560. The fourth-order valence-electron chi connectivity index (χ4n) is 0.570. The number of rotatable bonds is 3. The van der Waals surface area contributed by atoms with Crippen LogP contribution in [-0.4, -0.2) is 16.1 Å². The largest absolute Gasteiger partial charge is 0.436 e. The molecule has 0 saturated carbocycles. The second kappa shape index (κ2) is 4.23. The standard InChI is InChI=1S/C6H8NO2PS2/c1-12-10(8,11)9-6-2-4-7-5-3-6/h2-5H,1H3,(H,8,11). The number of pyridine rings is 1. The third-order valence-electron chi connectivity index (χ3n) is 1.10. The number of hydrogen-bond donors (Lipinski definition) is 1. The predicted octanol–water partition coefficient (Wildman–Crippen LogP) is 2.04. The molecule has 1 N–H and O–H groups in total. The topological polar surface area (TPSA) is 42.4 Å². The minimum atomic E-state index is -2.67. The highest BCUT2D eigenvalue weighted by atomic mass is 32.9. The Kier molecular flexibility index (Phi) is 3.53. The molecule has 0 aliphatic carbocycles. The highest BCUT2D eigenvalue weighted by Gasteiger charge is 2.12. The lowest BCUT2D eigenvalue weighted by atomic mass is 10.5. The van der Waals surface area contributed by atoms with E-state index in [1.807, 2.05) is 0 Å². The van der Waals surface area contributed by atoms with Crippen LogP contribution in [0.25, 0.3) is 0 Å². The van der Waals surface area contributed by atoms with E-state index in [0.29, 0.717) is 5.75 Å². The van der Waals surface area contributed by atoms with Crippen molar-refractivity contribution in [3.8, 4) is 5.75 Å². The van der Waals surface area contributed by atoms with Crippen LogP contribution < -0.4 is 4.52 Å². The van der Waals surface area contributed by atoms with Crippen molar-refractivity contribution in [3.63, 3.8) is 0 Å². The number of nitrogens with zero attached hydrogens (tertiary/aromatic N) is 1. The van der Waals surface area contributed by atoms with E-state index in [4.69, 9.17) is 16.3 Å². The van der Waals surface area contributed by atoms with Crippen molar-refractivity contribution >= 4 is 28.9 Å². The van der Waals surface area contributed by atoms with Crippen LogP contribution in [0, 0.1) is 0 Å². The highest BCUT2D eigenvalue weighted by Crippen LogP contribution is 2.53. The molecule has 0 aliphatic rings. The van der Waals surface area contributed by atoms with E-state index >= 15 is 0 Å². The van der Waals surface area contributed by atoms with Gasteiger partial charge in [-0.1, -0.05) is 11.4 Å². The Bertz CT molecular complexity index is 293. The first-order valence-corrected chi connectivity index (χ1v) is 7.62. The molecule has 1 unspecified atom stereocenters. The van der Waals surface area contributed by atoms with Crippen molar-refractivity contribution in [1.82, 2.24) is 4.98 Å². The van der Waals surface area contributed by atoms with Crippen molar-refractivity contribution in [2.45, 2.75) is 0 Å². The summed E-state index contributed by atoms with van der Waals surface area (Å²) in [6.07, 6.45) is 4.90. The van der Waals surface area contributed by atoms with E-state index in [0.717, 1.165) is 11.4 Å². The molecule has 0 amide bonds. The molecule has 6 heteroatoms. The quantitative estimate of drug-likeness (QED) is 0.791. The normalized spacial score (nSPS) is 15.2. The van der Waals surface area contributed by atoms with Gasteiger partial charge in [0.25, 0.3) is 5.69 Å². The summed E-state index contributed by atoms with van der Waals surface area (Å²) in [5, 5.41) is 0. The third-order valence-corrected chi connectivity index (χ3v) is 5.18. The molecular weight excluding hydrogens is 213 g/mol. The highest BCUT2D eigenvalue weighted by molar-refractivity contribution is 8.67. The van der Waals surface area contributed by atoms with E-state index in [1.54, 1.807) is 30.8 Å². The molecule has 3 nitrogen and oxygen atoms in total. The zero-order chi connectivity index (χ0) is 9.03. The molecule has 0 aromatic carbocycles. The molecule has 66 valence electrons. The first-order chi connectivity index (χ1) is 5.64. The zero-order valence-corrected chi connectivity index (χ0v) is 8.90. The van der Waals surface area contributed by atoms with Gasteiger partial charge >= 0.3 is 0 Å². The van der Waals surface area contributed by atoms with Crippen LogP contribution >= 0.6 is 17.1 Å². The summed E-state index contributed by atoms with van der Waals surface area (Å²) in [6.45, 7) is 0. The molecule has 1 atom stereocenters. The fourth-order valence-corrected chi connectivity index (χ4v) is 1.77.